The molecule has 1 aromatic heterocycles. The third-order valence-corrected chi connectivity index (χ3v) is 3.57. The smallest absolute Gasteiger partial charge is 0.117 e. The summed E-state index contributed by atoms with van der Waals surface area (Å²) in [6.07, 6.45) is 5.08. The van der Waals surface area contributed by atoms with Gasteiger partial charge >= 0.3 is 0 Å². The molecule has 2 heteroatoms. The Bertz CT molecular complexity index is 312. The summed E-state index contributed by atoms with van der Waals surface area (Å²) in [7, 11) is 0. The van der Waals surface area contributed by atoms with Crippen LogP contribution < -0.4 is 5.32 Å². The summed E-state index contributed by atoms with van der Waals surface area (Å²) in [5, 5.41) is 3.50. The molecule has 0 unspecified atom stereocenters. The Morgan fingerprint density at radius 2 is 2.00 bits per heavy atom. The normalized spacial score (nSPS) is 18.0. The van der Waals surface area contributed by atoms with Crippen molar-refractivity contribution in [3.05, 3.63) is 23.7 Å². The van der Waals surface area contributed by atoms with E-state index < -0.39 is 0 Å². The average Bonchev–Trinajstić information content (AvgIpc) is 2.89. The number of rotatable bonds is 6. The second-order valence-electron chi connectivity index (χ2n) is 4.68. The van der Waals surface area contributed by atoms with Crippen molar-refractivity contribution in [3.63, 3.8) is 0 Å². The number of aryl methyl sites for hydroxylation is 1. The van der Waals surface area contributed by atoms with Gasteiger partial charge in [0, 0.05) is 13.0 Å². The van der Waals surface area contributed by atoms with E-state index in [1.54, 1.807) is 0 Å². The van der Waals surface area contributed by atoms with Crippen molar-refractivity contribution in [2.24, 2.45) is 5.41 Å². The fourth-order valence-corrected chi connectivity index (χ4v) is 1.99. The van der Waals surface area contributed by atoms with E-state index in [9.17, 15) is 0 Å². The maximum Gasteiger partial charge on any atom is 0.117 e. The largest absolute Gasteiger partial charge is 0.465 e. The molecule has 0 aromatic carbocycles. The molecule has 2 nitrogen and oxygen atoms in total. The Labute approximate surface area is 92.1 Å². The molecule has 15 heavy (non-hydrogen) atoms. The van der Waals surface area contributed by atoms with E-state index in [1.165, 1.54) is 19.3 Å². The van der Waals surface area contributed by atoms with Crippen LogP contribution in [-0.2, 0) is 13.0 Å². The van der Waals surface area contributed by atoms with Crippen molar-refractivity contribution in [3.8, 4) is 0 Å². The first-order valence-corrected chi connectivity index (χ1v) is 6.06. The van der Waals surface area contributed by atoms with Crippen LogP contribution in [0.15, 0.2) is 16.5 Å². The van der Waals surface area contributed by atoms with Crippen molar-refractivity contribution >= 4 is 0 Å². The summed E-state index contributed by atoms with van der Waals surface area (Å²) in [5.74, 6) is 2.15. The van der Waals surface area contributed by atoms with Gasteiger partial charge in [0.25, 0.3) is 0 Å². The molecule has 1 fully saturated rings. The molecule has 0 radical (unpaired) electrons. The molecule has 0 spiro atoms. The maximum atomic E-state index is 5.64. The van der Waals surface area contributed by atoms with Crippen LogP contribution in [0.1, 0.15) is 44.6 Å². The minimum absolute atomic E-state index is 0.625. The lowest BCUT2D eigenvalue weighted by Gasteiger charge is -2.12. The predicted octanol–water partition coefficient (Wildman–Crippen LogP) is 3.12. The van der Waals surface area contributed by atoms with Crippen LogP contribution in [0.4, 0.5) is 0 Å². The second kappa shape index (κ2) is 4.40. The summed E-state index contributed by atoms with van der Waals surface area (Å²) in [4.78, 5) is 0. The van der Waals surface area contributed by atoms with Gasteiger partial charge in [-0.05, 0) is 36.8 Å². The van der Waals surface area contributed by atoms with Crippen molar-refractivity contribution in [2.45, 2.75) is 46.1 Å². The van der Waals surface area contributed by atoms with Crippen LogP contribution in [0.3, 0.4) is 0 Å². The van der Waals surface area contributed by atoms with Gasteiger partial charge in [-0.2, -0.15) is 0 Å². The highest BCUT2D eigenvalue weighted by Crippen LogP contribution is 2.47. The Balaban J connectivity index is 1.73. The average molecular weight is 207 g/mol. The summed E-state index contributed by atoms with van der Waals surface area (Å²) >= 11 is 0. The zero-order valence-electron chi connectivity index (χ0n) is 9.81. The SMILES string of the molecule is CCc1ccc(CNCC2(CC)CC2)o1. The molecule has 0 aliphatic heterocycles. The van der Waals surface area contributed by atoms with Gasteiger partial charge in [0.1, 0.15) is 11.5 Å². The van der Waals surface area contributed by atoms with E-state index in [1.807, 2.05) is 0 Å². The lowest BCUT2D eigenvalue weighted by atomic mass is 10.0. The zero-order chi connectivity index (χ0) is 10.7. The number of hydrogen-bond donors (Lipinski definition) is 1. The molecule has 1 saturated carbocycles. The van der Waals surface area contributed by atoms with Crippen molar-refractivity contribution in [1.82, 2.24) is 5.32 Å². The first-order valence-electron chi connectivity index (χ1n) is 6.06. The highest BCUT2D eigenvalue weighted by molar-refractivity contribution is 5.07. The summed E-state index contributed by atoms with van der Waals surface area (Å²) in [6, 6.07) is 4.15. The molecule has 1 aromatic rings. The van der Waals surface area contributed by atoms with E-state index in [-0.39, 0.29) is 0 Å². The van der Waals surface area contributed by atoms with Gasteiger partial charge in [-0.25, -0.2) is 0 Å². The van der Waals surface area contributed by atoms with Crippen LogP contribution in [0, 0.1) is 5.41 Å². The Morgan fingerprint density at radius 1 is 1.27 bits per heavy atom. The molecule has 1 heterocycles. The van der Waals surface area contributed by atoms with Gasteiger partial charge in [0.15, 0.2) is 0 Å². The van der Waals surface area contributed by atoms with E-state index in [2.05, 4.69) is 31.3 Å². The third-order valence-electron chi connectivity index (χ3n) is 3.57. The van der Waals surface area contributed by atoms with Crippen molar-refractivity contribution in [2.75, 3.05) is 6.54 Å². The fraction of sp³-hybridized carbons (Fsp3) is 0.692. The molecule has 84 valence electrons. The van der Waals surface area contributed by atoms with Gasteiger partial charge in [-0.3, -0.25) is 0 Å². The van der Waals surface area contributed by atoms with Gasteiger partial charge < -0.3 is 9.73 Å². The van der Waals surface area contributed by atoms with Crippen molar-refractivity contribution in [1.29, 1.82) is 0 Å². The van der Waals surface area contributed by atoms with Crippen LogP contribution in [-0.4, -0.2) is 6.54 Å². The highest BCUT2D eigenvalue weighted by Gasteiger charge is 2.39. The van der Waals surface area contributed by atoms with E-state index in [4.69, 9.17) is 4.42 Å². The third kappa shape index (κ3) is 2.63. The fourth-order valence-electron chi connectivity index (χ4n) is 1.99. The minimum Gasteiger partial charge on any atom is -0.465 e. The molecule has 0 bridgehead atoms. The quantitative estimate of drug-likeness (QED) is 0.775. The topological polar surface area (TPSA) is 25.2 Å². The highest BCUT2D eigenvalue weighted by atomic mass is 16.3. The molecular weight excluding hydrogens is 186 g/mol. The molecular formula is C13H21NO. The van der Waals surface area contributed by atoms with Crippen LogP contribution in [0.5, 0.6) is 0 Å². The Kier molecular flexibility index (Phi) is 3.15. The first-order chi connectivity index (χ1) is 7.28. The summed E-state index contributed by atoms with van der Waals surface area (Å²) in [6.45, 7) is 6.43. The predicted molar refractivity (Wildman–Crippen MR) is 61.8 cm³/mol. The lowest BCUT2D eigenvalue weighted by molar-refractivity contribution is 0.407. The van der Waals surface area contributed by atoms with Gasteiger partial charge in [0.2, 0.25) is 0 Å². The molecule has 2 rings (SSSR count). The number of furan rings is 1. The number of hydrogen-bond acceptors (Lipinski definition) is 2. The maximum absolute atomic E-state index is 5.64. The molecule has 1 aliphatic carbocycles. The lowest BCUT2D eigenvalue weighted by Crippen LogP contribution is -2.22. The Hall–Kier alpha value is -0.760. The zero-order valence-corrected chi connectivity index (χ0v) is 9.81. The van der Waals surface area contributed by atoms with Crippen LogP contribution >= 0.6 is 0 Å². The second-order valence-corrected chi connectivity index (χ2v) is 4.68. The number of nitrogens with one attached hydrogen (secondary N) is 1. The van der Waals surface area contributed by atoms with Crippen LogP contribution in [0.2, 0.25) is 0 Å². The standard InChI is InChI=1S/C13H21NO/c1-3-11-5-6-12(15-11)9-14-10-13(4-2)7-8-13/h5-6,14H,3-4,7-10H2,1-2H3. The molecule has 0 amide bonds. The van der Waals surface area contributed by atoms with Gasteiger partial charge in [-0.15, -0.1) is 0 Å². The van der Waals surface area contributed by atoms with Gasteiger partial charge in [-0.1, -0.05) is 13.8 Å². The summed E-state index contributed by atoms with van der Waals surface area (Å²) in [5.41, 5.74) is 0.625. The van der Waals surface area contributed by atoms with E-state index in [0.717, 1.165) is 31.0 Å². The van der Waals surface area contributed by atoms with E-state index >= 15 is 0 Å². The van der Waals surface area contributed by atoms with Crippen molar-refractivity contribution < 1.29 is 4.42 Å². The molecule has 1 N–H and O–H groups in total. The molecule has 0 atom stereocenters. The van der Waals surface area contributed by atoms with E-state index in [0.29, 0.717) is 5.41 Å². The molecule has 1 aliphatic rings. The first kappa shape index (κ1) is 10.7. The minimum atomic E-state index is 0.625. The Morgan fingerprint density at radius 3 is 2.53 bits per heavy atom. The summed E-state index contributed by atoms with van der Waals surface area (Å²) < 4.78 is 5.64. The molecule has 0 saturated heterocycles. The van der Waals surface area contributed by atoms with Gasteiger partial charge in [0.05, 0.1) is 6.54 Å². The monoisotopic (exact) mass is 207 g/mol. The van der Waals surface area contributed by atoms with Crippen LogP contribution in [0.25, 0.3) is 0 Å².